The van der Waals surface area contributed by atoms with Crippen LogP contribution in [0.4, 0.5) is 11.5 Å². The highest BCUT2D eigenvalue weighted by atomic mass is 16.4. The van der Waals surface area contributed by atoms with Crippen molar-refractivity contribution in [3.8, 4) is 0 Å². The zero-order valence-electron chi connectivity index (χ0n) is 11.6. The predicted molar refractivity (Wildman–Crippen MR) is 73.2 cm³/mol. The van der Waals surface area contributed by atoms with Crippen LogP contribution in [0.3, 0.4) is 0 Å². The molecule has 2 N–H and O–H groups in total. The summed E-state index contributed by atoms with van der Waals surface area (Å²) in [6, 6.07) is 3.44. The van der Waals surface area contributed by atoms with Crippen LogP contribution in [0.15, 0.2) is 18.3 Å². The van der Waals surface area contributed by atoms with Gasteiger partial charge in [0.2, 0.25) is 5.91 Å². The summed E-state index contributed by atoms with van der Waals surface area (Å²) in [6.45, 7) is 3.04. The molecule has 1 rings (SSSR count). The largest absolute Gasteiger partial charge is 0.481 e. The van der Waals surface area contributed by atoms with Gasteiger partial charge in [-0.3, -0.25) is 9.59 Å². The Morgan fingerprint density at radius 3 is 2.58 bits per heavy atom. The summed E-state index contributed by atoms with van der Waals surface area (Å²) in [5.41, 5.74) is -0.524. The molecule has 1 aromatic rings. The molecule has 0 bridgehead atoms. The van der Waals surface area contributed by atoms with Gasteiger partial charge in [-0.05, 0) is 26.0 Å². The van der Waals surface area contributed by atoms with Gasteiger partial charge in [0.05, 0.1) is 11.1 Å². The van der Waals surface area contributed by atoms with E-state index in [4.69, 9.17) is 5.11 Å². The van der Waals surface area contributed by atoms with Gasteiger partial charge in [0.25, 0.3) is 0 Å². The highest BCUT2D eigenvalue weighted by Gasteiger charge is 2.30. The average Bonchev–Trinajstić information content (AvgIpc) is 2.28. The number of pyridine rings is 1. The molecule has 0 saturated heterocycles. The van der Waals surface area contributed by atoms with Crippen molar-refractivity contribution in [1.29, 1.82) is 0 Å². The Kier molecular flexibility index (Phi) is 4.47. The van der Waals surface area contributed by atoms with E-state index in [0.717, 1.165) is 0 Å². The molecule has 104 valence electrons. The van der Waals surface area contributed by atoms with Crippen LogP contribution in [-0.4, -0.2) is 36.1 Å². The lowest BCUT2D eigenvalue weighted by atomic mass is 9.89. The summed E-state index contributed by atoms with van der Waals surface area (Å²) in [4.78, 5) is 28.8. The van der Waals surface area contributed by atoms with Crippen molar-refractivity contribution in [1.82, 2.24) is 4.98 Å². The quantitative estimate of drug-likeness (QED) is 0.844. The molecule has 0 spiro atoms. The van der Waals surface area contributed by atoms with E-state index in [2.05, 4.69) is 10.3 Å². The maximum absolute atomic E-state index is 11.9. The van der Waals surface area contributed by atoms with Crippen LogP contribution in [-0.2, 0) is 9.59 Å². The Morgan fingerprint density at radius 2 is 2.05 bits per heavy atom. The monoisotopic (exact) mass is 265 g/mol. The molecule has 0 saturated carbocycles. The van der Waals surface area contributed by atoms with Crippen molar-refractivity contribution in [3.63, 3.8) is 0 Å². The third kappa shape index (κ3) is 3.94. The maximum atomic E-state index is 11.9. The first kappa shape index (κ1) is 14.9. The Hall–Kier alpha value is -2.11. The van der Waals surface area contributed by atoms with E-state index in [-0.39, 0.29) is 12.3 Å². The third-order valence-corrected chi connectivity index (χ3v) is 2.67. The van der Waals surface area contributed by atoms with Gasteiger partial charge >= 0.3 is 5.97 Å². The Labute approximate surface area is 112 Å². The fourth-order valence-electron chi connectivity index (χ4n) is 1.52. The predicted octanol–water partition coefficient (Wildman–Crippen LogP) is 1.59. The zero-order valence-corrected chi connectivity index (χ0v) is 11.6. The minimum absolute atomic E-state index is 0.0932. The van der Waals surface area contributed by atoms with E-state index in [1.807, 2.05) is 14.1 Å². The van der Waals surface area contributed by atoms with Crippen molar-refractivity contribution in [3.05, 3.63) is 18.3 Å². The number of nitrogens with one attached hydrogen (secondary N) is 1. The Balaban J connectivity index is 2.81. The molecular weight excluding hydrogens is 246 g/mol. The number of carboxylic acid groups (broad SMARTS) is 1. The SMILES string of the molecule is CN(C)c1ncccc1NC(=O)CC(C)(C)C(=O)O. The van der Waals surface area contributed by atoms with Gasteiger partial charge in [-0.2, -0.15) is 0 Å². The smallest absolute Gasteiger partial charge is 0.309 e. The van der Waals surface area contributed by atoms with Crippen LogP contribution < -0.4 is 10.2 Å². The van der Waals surface area contributed by atoms with Crippen LogP contribution in [0.1, 0.15) is 20.3 Å². The molecule has 1 aromatic heterocycles. The van der Waals surface area contributed by atoms with E-state index in [9.17, 15) is 9.59 Å². The molecule has 6 heteroatoms. The summed E-state index contributed by atoms with van der Waals surface area (Å²) in [5, 5.41) is 11.7. The fourth-order valence-corrected chi connectivity index (χ4v) is 1.52. The van der Waals surface area contributed by atoms with Crippen molar-refractivity contribution in [2.75, 3.05) is 24.3 Å². The van der Waals surface area contributed by atoms with Crippen molar-refractivity contribution >= 4 is 23.4 Å². The first-order valence-corrected chi connectivity index (χ1v) is 5.89. The standard InChI is InChI=1S/C13H19N3O3/c1-13(2,12(18)19)8-10(17)15-9-6-5-7-14-11(9)16(3)4/h5-7H,8H2,1-4H3,(H,15,17)(H,18,19). The second-order valence-corrected chi connectivity index (χ2v) is 5.18. The van der Waals surface area contributed by atoms with Crippen molar-refractivity contribution in [2.45, 2.75) is 20.3 Å². The molecule has 19 heavy (non-hydrogen) atoms. The Bertz CT molecular complexity index is 484. The maximum Gasteiger partial charge on any atom is 0.309 e. The molecular formula is C13H19N3O3. The first-order chi connectivity index (χ1) is 8.74. The molecule has 0 radical (unpaired) electrons. The number of carbonyl (C=O) groups excluding carboxylic acids is 1. The second kappa shape index (κ2) is 5.69. The summed E-state index contributed by atoms with van der Waals surface area (Å²) in [5.74, 6) is -0.714. The van der Waals surface area contributed by atoms with E-state index >= 15 is 0 Å². The minimum Gasteiger partial charge on any atom is -0.481 e. The zero-order chi connectivity index (χ0) is 14.6. The van der Waals surface area contributed by atoms with Gasteiger partial charge in [0.1, 0.15) is 0 Å². The van der Waals surface area contributed by atoms with Gasteiger partial charge in [0, 0.05) is 26.7 Å². The fraction of sp³-hybridized carbons (Fsp3) is 0.462. The molecule has 0 atom stereocenters. The average molecular weight is 265 g/mol. The molecule has 0 aliphatic rings. The number of aromatic nitrogens is 1. The highest BCUT2D eigenvalue weighted by molar-refractivity contribution is 5.96. The van der Waals surface area contributed by atoms with Gasteiger partial charge in [-0.15, -0.1) is 0 Å². The van der Waals surface area contributed by atoms with Gasteiger partial charge in [0.15, 0.2) is 5.82 Å². The number of hydrogen-bond donors (Lipinski definition) is 2. The molecule has 1 heterocycles. The number of rotatable bonds is 5. The van der Waals surface area contributed by atoms with Crippen LogP contribution >= 0.6 is 0 Å². The van der Waals surface area contributed by atoms with E-state index < -0.39 is 11.4 Å². The summed E-state index contributed by atoms with van der Waals surface area (Å²) < 4.78 is 0. The molecule has 6 nitrogen and oxygen atoms in total. The number of carboxylic acids is 1. The Morgan fingerprint density at radius 1 is 1.42 bits per heavy atom. The van der Waals surface area contributed by atoms with Gasteiger partial charge < -0.3 is 15.3 Å². The van der Waals surface area contributed by atoms with Crippen LogP contribution in [0.25, 0.3) is 0 Å². The third-order valence-electron chi connectivity index (χ3n) is 2.67. The molecule has 0 unspecified atom stereocenters. The van der Waals surface area contributed by atoms with Gasteiger partial charge in [-0.1, -0.05) is 0 Å². The van der Waals surface area contributed by atoms with Gasteiger partial charge in [-0.25, -0.2) is 4.98 Å². The molecule has 0 fully saturated rings. The summed E-state index contributed by atoms with van der Waals surface area (Å²) in [6.07, 6.45) is 1.54. The number of amides is 1. The molecule has 0 aliphatic heterocycles. The molecule has 0 aliphatic carbocycles. The lowest BCUT2D eigenvalue weighted by Gasteiger charge is -2.20. The molecule has 1 amide bonds. The molecule has 0 aromatic carbocycles. The van der Waals surface area contributed by atoms with E-state index in [0.29, 0.717) is 11.5 Å². The first-order valence-electron chi connectivity index (χ1n) is 5.89. The van der Waals surface area contributed by atoms with E-state index in [1.165, 1.54) is 13.8 Å². The van der Waals surface area contributed by atoms with Crippen LogP contribution in [0.2, 0.25) is 0 Å². The number of aliphatic carboxylic acids is 1. The lowest BCUT2D eigenvalue weighted by molar-refractivity contribution is -0.148. The van der Waals surface area contributed by atoms with Crippen molar-refractivity contribution < 1.29 is 14.7 Å². The number of nitrogens with zero attached hydrogens (tertiary/aromatic N) is 2. The summed E-state index contributed by atoms with van der Waals surface area (Å²) >= 11 is 0. The summed E-state index contributed by atoms with van der Waals surface area (Å²) in [7, 11) is 3.64. The number of carbonyl (C=O) groups is 2. The van der Waals surface area contributed by atoms with E-state index in [1.54, 1.807) is 23.2 Å². The minimum atomic E-state index is -1.09. The lowest BCUT2D eigenvalue weighted by Crippen LogP contribution is -2.30. The van der Waals surface area contributed by atoms with Crippen LogP contribution in [0, 0.1) is 5.41 Å². The van der Waals surface area contributed by atoms with Crippen LogP contribution in [0.5, 0.6) is 0 Å². The number of hydrogen-bond acceptors (Lipinski definition) is 4. The number of anilines is 2. The normalized spacial score (nSPS) is 10.9. The topological polar surface area (TPSA) is 82.5 Å². The second-order valence-electron chi connectivity index (χ2n) is 5.18. The highest BCUT2D eigenvalue weighted by Crippen LogP contribution is 2.24. The van der Waals surface area contributed by atoms with Crippen molar-refractivity contribution in [2.24, 2.45) is 5.41 Å².